The third kappa shape index (κ3) is 3.91. The Balaban J connectivity index is 2.06. The van der Waals surface area contributed by atoms with Crippen LogP contribution < -0.4 is 15.8 Å². The lowest BCUT2D eigenvalue weighted by Crippen LogP contribution is -2.26. The second-order valence-corrected chi connectivity index (χ2v) is 6.73. The first-order valence-electron chi connectivity index (χ1n) is 7.33. The summed E-state index contributed by atoms with van der Waals surface area (Å²) in [5.74, 6) is 0.760. The van der Waals surface area contributed by atoms with E-state index in [-0.39, 0.29) is 5.41 Å². The predicted molar refractivity (Wildman–Crippen MR) is 92.5 cm³/mol. The molecule has 0 saturated heterocycles. The van der Waals surface area contributed by atoms with Crippen molar-refractivity contribution in [3.8, 4) is 5.75 Å². The molecule has 2 rings (SSSR count). The quantitative estimate of drug-likeness (QED) is 0.740. The zero-order valence-electron chi connectivity index (χ0n) is 13.0. The summed E-state index contributed by atoms with van der Waals surface area (Å²) in [5.41, 5.74) is 7.88. The molecule has 3 nitrogen and oxygen atoms in total. The Hall–Kier alpha value is -1.68. The Morgan fingerprint density at radius 2 is 2.05 bits per heavy atom. The Kier molecular flexibility index (Phi) is 5.12. The number of thiophene rings is 1. The van der Waals surface area contributed by atoms with E-state index < -0.39 is 0 Å². The van der Waals surface area contributed by atoms with Crippen LogP contribution in [0.5, 0.6) is 5.75 Å². The number of nitrogens with one attached hydrogen (secondary N) is 1. The lowest BCUT2D eigenvalue weighted by Gasteiger charge is -2.25. The molecule has 0 amide bonds. The van der Waals surface area contributed by atoms with E-state index in [0.29, 0.717) is 12.3 Å². The number of nitrogen functional groups attached to an aromatic ring is 1. The van der Waals surface area contributed by atoms with Gasteiger partial charge in [-0.05, 0) is 30.0 Å². The molecule has 0 saturated carbocycles. The average molecular weight is 304 g/mol. The molecule has 114 valence electrons. The molecule has 0 aliphatic carbocycles. The Morgan fingerprint density at radius 1 is 1.24 bits per heavy atom. The first kappa shape index (κ1) is 15.7. The number of hydrogen-bond donors (Lipinski definition) is 2. The Morgan fingerprint density at radius 3 is 2.71 bits per heavy atom. The normalized spacial score (nSPS) is 11.4. The van der Waals surface area contributed by atoms with Crippen molar-refractivity contribution in [3.63, 3.8) is 0 Å². The van der Waals surface area contributed by atoms with Crippen molar-refractivity contribution in [1.29, 1.82) is 0 Å². The molecule has 2 aromatic rings. The minimum absolute atomic E-state index is 0.0703. The summed E-state index contributed by atoms with van der Waals surface area (Å²) in [6.07, 6.45) is 0.975. The van der Waals surface area contributed by atoms with Gasteiger partial charge in [0.15, 0.2) is 0 Å². The van der Waals surface area contributed by atoms with Gasteiger partial charge < -0.3 is 15.8 Å². The van der Waals surface area contributed by atoms with Crippen LogP contribution >= 0.6 is 11.3 Å². The van der Waals surface area contributed by atoms with Crippen LogP contribution in [0.25, 0.3) is 0 Å². The van der Waals surface area contributed by atoms with E-state index in [1.54, 1.807) is 11.3 Å². The largest absolute Gasteiger partial charge is 0.491 e. The summed E-state index contributed by atoms with van der Waals surface area (Å²) < 4.78 is 5.67. The number of para-hydroxylation sites is 1. The summed E-state index contributed by atoms with van der Waals surface area (Å²) in [7, 11) is 0. The van der Waals surface area contributed by atoms with Gasteiger partial charge in [0.25, 0.3) is 0 Å². The fourth-order valence-corrected chi connectivity index (χ4v) is 2.96. The highest BCUT2D eigenvalue weighted by Gasteiger charge is 2.21. The molecular weight excluding hydrogens is 280 g/mol. The van der Waals surface area contributed by atoms with Crippen LogP contribution in [0.15, 0.2) is 35.7 Å². The molecule has 0 unspecified atom stereocenters. The number of nitrogens with two attached hydrogens (primary N) is 1. The third-order valence-corrected chi connectivity index (χ3v) is 4.67. The van der Waals surface area contributed by atoms with Gasteiger partial charge in [-0.1, -0.05) is 32.9 Å². The maximum atomic E-state index is 6.19. The minimum Gasteiger partial charge on any atom is -0.491 e. The van der Waals surface area contributed by atoms with Crippen molar-refractivity contribution >= 4 is 22.7 Å². The van der Waals surface area contributed by atoms with Crippen molar-refractivity contribution in [2.24, 2.45) is 0 Å². The van der Waals surface area contributed by atoms with Gasteiger partial charge in [-0.25, -0.2) is 0 Å². The van der Waals surface area contributed by atoms with E-state index >= 15 is 0 Å². The van der Waals surface area contributed by atoms with Crippen LogP contribution in [0, 0.1) is 0 Å². The average Bonchev–Trinajstić information content (AvgIpc) is 3.00. The highest BCUT2D eigenvalue weighted by Crippen LogP contribution is 2.32. The van der Waals surface area contributed by atoms with Gasteiger partial charge in [0.2, 0.25) is 0 Å². The third-order valence-electron chi connectivity index (χ3n) is 3.44. The fraction of sp³-hybridized carbons (Fsp3) is 0.412. The van der Waals surface area contributed by atoms with Gasteiger partial charge in [0.1, 0.15) is 5.75 Å². The van der Waals surface area contributed by atoms with Crippen molar-refractivity contribution in [3.05, 3.63) is 40.6 Å². The van der Waals surface area contributed by atoms with E-state index in [1.807, 2.05) is 18.2 Å². The summed E-state index contributed by atoms with van der Waals surface area (Å²) in [4.78, 5) is 1.37. The number of hydrogen-bond acceptors (Lipinski definition) is 4. The number of ether oxygens (including phenoxy) is 1. The summed E-state index contributed by atoms with van der Waals surface area (Å²) in [6.45, 7) is 8.07. The molecule has 4 heteroatoms. The highest BCUT2D eigenvalue weighted by molar-refractivity contribution is 7.10. The molecule has 0 spiro atoms. The zero-order chi connectivity index (χ0) is 15.3. The van der Waals surface area contributed by atoms with E-state index in [0.717, 1.165) is 24.4 Å². The fourth-order valence-electron chi connectivity index (χ4n) is 2.10. The second-order valence-electron chi connectivity index (χ2n) is 5.78. The van der Waals surface area contributed by atoms with Gasteiger partial charge >= 0.3 is 0 Å². The van der Waals surface area contributed by atoms with Gasteiger partial charge in [0, 0.05) is 16.8 Å². The van der Waals surface area contributed by atoms with Crippen LogP contribution in [0.1, 0.15) is 32.1 Å². The molecule has 0 aliphatic rings. The number of rotatable bonds is 7. The SMILES string of the molecule is CCCOc1cccc(NCC(C)(C)c2cccs2)c1N. The van der Waals surface area contributed by atoms with Crippen LogP contribution in [0.3, 0.4) is 0 Å². The van der Waals surface area contributed by atoms with Crippen LogP contribution in [0.2, 0.25) is 0 Å². The van der Waals surface area contributed by atoms with E-state index in [2.05, 4.69) is 43.6 Å². The summed E-state index contributed by atoms with van der Waals surface area (Å²) >= 11 is 1.79. The Bertz CT molecular complexity index is 564. The summed E-state index contributed by atoms with van der Waals surface area (Å²) in [6, 6.07) is 10.2. The molecular formula is C17H24N2OS. The van der Waals surface area contributed by atoms with Crippen molar-refractivity contribution < 1.29 is 4.74 Å². The molecule has 0 radical (unpaired) electrons. The second kappa shape index (κ2) is 6.85. The molecule has 1 aromatic carbocycles. The first-order chi connectivity index (χ1) is 10.0. The zero-order valence-corrected chi connectivity index (χ0v) is 13.8. The molecule has 0 bridgehead atoms. The van der Waals surface area contributed by atoms with Crippen LogP contribution in [0.4, 0.5) is 11.4 Å². The lowest BCUT2D eigenvalue weighted by molar-refractivity contribution is 0.319. The molecule has 1 heterocycles. The van der Waals surface area contributed by atoms with E-state index in [4.69, 9.17) is 10.5 Å². The van der Waals surface area contributed by atoms with Crippen molar-refractivity contribution in [2.75, 3.05) is 24.2 Å². The molecule has 1 aromatic heterocycles. The van der Waals surface area contributed by atoms with Crippen molar-refractivity contribution in [1.82, 2.24) is 0 Å². The monoisotopic (exact) mass is 304 g/mol. The van der Waals surface area contributed by atoms with Gasteiger partial charge in [-0.3, -0.25) is 0 Å². The maximum Gasteiger partial charge on any atom is 0.144 e. The minimum atomic E-state index is 0.0703. The molecule has 0 atom stereocenters. The molecule has 3 N–H and O–H groups in total. The number of anilines is 2. The predicted octanol–water partition coefficient (Wildman–Crippen LogP) is 4.51. The number of benzene rings is 1. The summed E-state index contributed by atoms with van der Waals surface area (Å²) in [5, 5.41) is 5.58. The van der Waals surface area contributed by atoms with Crippen LogP contribution in [-0.2, 0) is 5.41 Å². The van der Waals surface area contributed by atoms with Gasteiger partial charge in [-0.2, -0.15) is 0 Å². The molecule has 21 heavy (non-hydrogen) atoms. The topological polar surface area (TPSA) is 47.3 Å². The van der Waals surface area contributed by atoms with Gasteiger partial charge in [0.05, 0.1) is 18.0 Å². The molecule has 0 fully saturated rings. The van der Waals surface area contributed by atoms with Crippen molar-refractivity contribution in [2.45, 2.75) is 32.6 Å². The van der Waals surface area contributed by atoms with E-state index in [1.165, 1.54) is 4.88 Å². The first-order valence-corrected chi connectivity index (χ1v) is 8.21. The van der Waals surface area contributed by atoms with Gasteiger partial charge in [-0.15, -0.1) is 11.3 Å². The van der Waals surface area contributed by atoms with E-state index in [9.17, 15) is 0 Å². The standard InChI is InChI=1S/C17H24N2OS/c1-4-10-20-14-8-5-7-13(16(14)18)19-12-17(2,3)15-9-6-11-21-15/h5-9,11,19H,4,10,12,18H2,1-3H3. The highest BCUT2D eigenvalue weighted by atomic mass is 32.1. The maximum absolute atomic E-state index is 6.19. The lowest BCUT2D eigenvalue weighted by atomic mass is 9.91. The van der Waals surface area contributed by atoms with Crippen LogP contribution in [-0.4, -0.2) is 13.2 Å². The Labute approximate surface area is 131 Å². The smallest absolute Gasteiger partial charge is 0.144 e. The molecule has 0 aliphatic heterocycles.